The summed E-state index contributed by atoms with van der Waals surface area (Å²) in [7, 11) is 1.62. The van der Waals surface area contributed by atoms with Crippen LogP contribution in [0.25, 0.3) is 0 Å². The average Bonchev–Trinajstić information content (AvgIpc) is 2.40. The SMILES string of the molecule is COCCCCNC(=O)Nc1cc(C(=O)O)ccc1Cl. The molecule has 0 saturated carbocycles. The zero-order valence-corrected chi connectivity index (χ0v) is 11.9. The minimum absolute atomic E-state index is 0.0600. The minimum atomic E-state index is -1.08. The van der Waals surface area contributed by atoms with Crippen LogP contribution < -0.4 is 10.6 Å². The molecule has 0 heterocycles. The summed E-state index contributed by atoms with van der Waals surface area (Å²) in [5.74, 6) is -1.08. The number of carboxylic acid groups (broad SMARTS) is 1. The van der Waals surface area contributed by atoms with Crippen molar-refractivity contribution in [1.29, 1.82) is 0 Å². The molecule has 7 heteroatoms. The molecule has 0 unspecified atom stereocenters. The summed E-state index contributed by atoms with van der Waals surface area (Å²) in [5.41, 5.74) is 0.325. The topological polar surface area (TPSA) is 87.7 Å². The summed E-state index contributed by atoms with van der Waals surface area (Å²) >= 11 is 5.90. The maximum absolute atomic E-state index is 11.6. The molecule has 6 nitrogen and oxygen atoms in total. The molecule has 0 aliphatic rings. The second-order valence-electron chi connectivity index (χ2n) is 4.08. The Bertz CT molecular complexity index is 479. The molecule has 0 aliphatic carbocycles. The number of unbranched alkanes of at least 4 members (excludes halogenated alkanes) is 1. The van der Waals surface area contributed by atoms with E-state index in [1.54, 1.807) is 7.11 Å². The van der Waals surface area contributed by atoms with E-state index in [0.29, 0.717) is 13.2 Å². The fourth-order valence-electron chi connectivity index (χ4n) is 1.49. The Morgan fingerprint density at radius 2 is 2.10 bits per heavy atom. The third kappa shape index (κ3) is 5.46. The van der Waals surface area contributed by atoms with Crippen molar-refractivity contribution in [1.82, 2.24) is 5.32 Å². The number of hydrogen-bond donors (Lipinski definition) is 3. The van der Waals surface area contributed by atoms with Crippen LogP contribution in [0.2, 0.25) is 5.02 Å². The molecule has 1 rings (SSSR count). The third-order valence-corrected chi connectivity index (χ3v) is 2.85. The van der Waals surface area contributed by atoms with Crippen LogP contribution >= 0.6 is 11.6 Å². The van der Waals surface area contributed by atoms with Gasteiger partial charge in [0, 0.05) is 20.3 Å². The highest BCUT2D eigenvalue weighted by atomic mass is 35.5. The molecule has 0 aliphatic heterocycles. The van der Waals surface area contributed by atoms with Crippen LogP contribution in [-0.4, -0.2) is 37.4 Å². The van der Waals surface area contributed by atoms with Crippen LogP contribution in [0.1, 0.15) is 23.2 Å². The first-order chi connectivity index (χ1) is 9.54. The summed E-state index contributed by atoms with van der Waals surface area (Å²) in [6.45, 7) is 1.15. The van der Waals surface area contributed by atoms with Gasteiger partial charge >= 0.3 is 12.0 Å². The van der Waals surface area contributed by atoms with Gasteiger partial charge in [-0.3, -0.25) is 0 Å². The summed E-state index contributed by atoms with van der Waals surface area (Å²) in [4.78, 5) is 22.5. The van der Waals surface area contributed by atoms with Crippen LogP contribution in [0.3, 0.4) is 0 Å². The van der Waals surface area contributed by atoms with Crippen molar-refractivity contribution in [3.8, 4) is 0 Å². The van der Waals surface area contributed by atoms with Crippen molar-refractivity contribution in [2.75, 3.05) is 25.6 Å². The maximum Gasteiger partial charge on any atom is 0.335 e. The van der Waals surface area contributed by atoms with Gasteiger partial charge in [0.1, 0.15) is 0 Å². The Kier molecular flexibility index (Phi) is 6.83. The minimum Gasteiger partial charge on any atom is -0.478 e. The molecule has 1 aromatic rings. The summed E-state index contributed by atoms with van der Waals surface area (Å²) in [5, 5.41) is 14.3. The largest absolute Gasteiger partial charge is 0.478 e. The summed E-state index contributed by atoms with van der Waals surface area (Å²) in [6.07, 6.45) is 1.65. The molecule has 0 radical (unpaired) electrons. The van der Waals surface area contributed by atoms with E-state index in [9.17, 15) is 9.59 Å². The van der Waals surface area contributed by atoms with Gasteiger partial charge in [-0.1, -0.05) is 11.6 Å². The average molecular weight is 301 g/mol. The lowest BCUT2D eigenvalue weighted by Crippen LogP contribution is -2.29. The molecule has 0 spiro atoms. The summed E-state index contributed by atoms with van der Waals surface area (Å²) in [6, 6.07) is 3.69. The number of aromatic carboxylic acids is 1. The number of methoxy groups -OCH3 is 1. The highest BCUT2D eigenvalue weighted by Crippen LogP contribution is 2.22. The number of urea groups is 1. The van der Waals surface area contributed by atoms with E-state index in [-0.39, 0.29) is 16.3 Å². The number of ether oxygens (including phenoxy) is 1. The molecule has 110 valence electrons. The molecule has 0 bridgehead atoms. The highest BCUT2D eigenvalue weighted by molar-refractivity contribution is 6.33. The van der Waals surface area contributed by atoms with Crippen LogP contribution in [0.4, 0.5) is 10.5 Å². The van der Waals surface area contributed by atoms with Gasteiger partial charge in [-0.25, -0.2) is 9.59 Å². The summed E-state index contributed by atoms with van der Waals surface area (Å²) < 4.78 is 4.89. The second-order valence-corrected chi connectivity index (χ2v) is 4.49. The number of carbonyl (C=O) groups excluding carboxylic acids is 1. The van der Waals surface area contributed by atoms with E-state index in [4.69, 9.17) is 21.4 Å². The fourth-order valence-corrected chi connectivity index (χ4v) is 1.66. The molecule has 1 aromatic carbocycles. The van der Waals surface area contributed by atoms with E-state index in [1.807, 2.05) is 0 Å². The van der Waals surface area contributed by atoms with Crippen molar-refractivity contribution in [2.45, 2.75) is 12.8 Å². The van der Waals surface area contributed by atoms with Crippen molar-refractivity contribution in [3.05, 3.63) is 28.8 Å². The first kappa shape index (κ1) is 16.3. The van der Waals surface area contributed by atoms with Gasteiger partial charge in [0.25, 0.3) is 0 Å². The first-order valence-corrected chi connectivity index (χ1v) is 6.49. The number of amides is 2. The van der Waals surface area contributed by atoms with E-state index >= 15 is 0 Å². The van der Waals surface area contributed by atoms with Gasteiger partial charge in [0.2, 0.25) is 0 Å². The van der Waals surface area contributed by atoms with Crippen molar-refractivity contribution < 1.29 is 19.4 Å². The Balaban J connectivity index is 2.49. The van der Waals surface area contributed by atoms with Crippen LogP contribution in [0.5, 0.6) is 0 Å². The standard InChI is InChI=1S/C13H17ClN2O4/c1-20-7-3-2-6-15-13(19)16-11-8-9(12(17)18)4-5-10(11)14/h4-5,8H,2-3,6-7H2,1H3,(H,17,18)(H2,15,16,19). The predicted octanol–water partition coefficient (Wildman–Crippen LogP) is 2.59. The maximum atomic E-state index is 11.6. The number of carbonyl (C=O) groups is 2. The first-order valence-electron chi connectivity index (χ1n) is 6.11. The Labute approximate surface area is 122 Å². The number of anilines is 1. The lowest BCUT2D eigenvalue weighted by atomic mass is 10.2. The zero-order chi connectivity index (χ0) is 15.0. The molecule has 3 N–H and O–H groups in total. The van der Waals surface area contributed by atoms with E-state index in [0.717, 1.165) is 12.8 Å². The highest BCUT2D eigenvalue weighted by Gasteiger charge is 2.09. The third-order valence-electron chi connectivity index (χ3n) is 2.52. The van der Waals surface area contributed by atoms with E-state index in [2.05, 4.69) is 10.6 Å². The molecule has 0 aromatic heterocycles. The fraction of sp³-hybridized carbons (Fsp3) is 0.385. The van der Waals surface area contributed by atoms with Crippen molar-refractivity contribution >= 4 is 29.3 Å². The van der Waals surface area contributed by atoms with Crippen LogP contribution in [0, 0.1) is 0 Å². The lowest BCUT2D eigenvalue weighted by molar-refractivity contribution is 0.0697. The Hall–Kier alpha value is -1.79. The monoisotopic (exact) mass is 300 g/mol. The zero-order valence-electron chi connectivity index (χ0n) is 11.1. The molecular weight excluding hydrogens is 284 g/mol. The van der Waals surface area contributed by atoms with Gasteiger partial charge in [-0.15, -0.1) is 0 Å². The van der Waals surface area contributed by atoms with E-state index in [1.165, 1.54) is 18.2 Å². The number of rotatable bonds is 7. The predicted molar refractivity (Wildman–Crippen MR) is 76.5 cm³/mol. The molecule has 0 fully saturated rings. The van der Waals surface area contributed by atoms with Gasteiger partial charge in [0.05, 0.1) is 16.3 Å². The molecule has 2 amide bonds. The van der Waals surface area contributed by atoms with Crippen molar-refractivity contribution in [3.63, 3.8) is 0 Å². The molecule has 0 saturated heterocycles. The van der Waals surface area contributed by atoms with Crippen LogP contribution in [-0.2, 0) is 4.74 Å². The smallest absolute Gasteiger partial charge is 0.335 e. The Morgan fingerprint density at radius 1 is 1.35 bits per heavy atom. The number of nitrogens with one attached hydrogen (secondary N) is 2. The molecule has 0 atom stereocenters. The van der Waals surface area contributed by atoms with E-state index < -0.39 is 12.0 Å². The van der Waals surface area contributed by atoms with Crippen molar-refractivity contribution in [2.24, 2.45) is 0 Å². The van der Waals surface area contributed by atoms with Gasteiger partial charge in [0.15, 0.2) is 0 Å². The number of halogens is 1. The normalized spacial score (nSPS) is 10.1. The van der Waals surface area contributed by atoms with Crippen LogP contribution in [0.15, 0.2) is 18.2 Å². The second kappa shape index (κ2) is 8.39. The lowest BCUT2D eigenvalue weighted by Gasteiger charge is -2.09. The van der Waals surface area contributed by atoms with Gasteiger partial charge in [-0.2, -0.15) is 0 Å². The quantitative estimate of drug-likeness (QED) is 0.675. The van der Waals surface area contributed by atoms with Gasteiger partial charge < -0.3 is 20.5 Å². The number of hydrogen-bond acceptors (Lipinski definition) is 3. The molecule has 20 heavy (non-hydrogen) atoms. The van der Waals surface area contributed by atoms with Gasteiger partial charge in [-0.05, 0) is 31.0 Å². The Morgan fingerprint density at radius 3 is 2.75 bits per heavy atom. The number of benzene rings is 1. The number of carboxylic acids is 1. The molecular formula is C13H17ClN2O4.